The van der Waals surface area contributed by atoms with Gasteiger partial charge >= 0.3 is 0 Å². The Labute approximate surface area is 202 Å². The van der Waals surface area contributed by atoms with E-state index in [1.165, 1.54) is 30.3 Å². The molecule has 4 rings (SSSR count). The molecule has 0 aromatic heterocycles. The summed E-state index contributed by atoms with van der Waals surface area (Å²) in [5.41, 5.74) is -0.234. The molecule has 2 atom stereocenters. The lowest BCUT2D eigenvalue weighted by Crippen LogP contribution is -2.20. The van der Waals surface area contributed by atoms with E-state index >= 15 is 8.78 Å². The van der Waals surface area contributed by atoms with Gasteiger partial charge in [0.25, 0.3) is 0 Å². The first-order chi connectivity index (χ1) is 16.8. The van der Waals surface area contributed by atoms with E-state index < -0.39 is 40.8 Å². The van der Waals surface area contributed by atoms with Gasteiger partial charge in [0.15, 0.2) is 23.3 Å². The highest BCUT2D eigenvalue weighted by atomic mass is 19.2. The molecule has 1 heterocycles. The summed E-state index contributed by atoms with van der Waals surface area (Å²) in [6.45, 7) is 4.23. The fraction of sp³-hybridized carbons (Fsp3) is 0.310. The van der Waals surface area contributed by atoms with Gasteiger partial charge in [0, 0.05) is 28.2 Å². The predicted octanol–water partition coefficient (Wildman–Crippen LogP) is 8.71. The Morgan fingerprint density at radius 3 is 2.11 bits per heavy atom. The zero-order valence-electron chi connectivity index (χ0n) is 19.7. The molecule has 1 aliphatic heterocycles. The van der Waals surface area contributed by atoms with Crippen molar-refractivity contribution in [3.8, 4) is 22.3 Å². The molecule has 184 valence electrons. The number of halogens is 5. The Morgan fingerprint density at radius 1 is 0.829 bits per heavy atom. The molecule has 0 amide bonds. The summed E-state index contributed by atoms with van der Waals surface area (Å²) >= 11 is 0. The van der Waals surface area contributed by atoms with Gasteiger partial charge in [-0.2, -0.15) is 0 Å². The molecule has 0 saturated carbocycles. The second-order valence-corrected chi connectivity index (χ2v) is 8.86. The van der Waals surface area contributed by atoms with Gasteiger partial charge < -0.3 is 4.74 Å². The van der Waals surface area contributed by atoms with Crippen LogP contribution in [0.25, 0.3) is 22.3 Å². The summed E-state index contributed by atoms with van der Waals surface area (Å²) in [7, 11) is 0. The fourth-order valence-electron chi connectivity index (χ4n) is 4.63. The molecule has 0 spiro atoms. The minimum absolute atomic E-state index is 0.0605. The van der Waals surface area contributed by atoms with Gasteiger partial charge in [-0.3, -0.25) is 0 Å². The molecular formula is C29H27F5O. The summed E-state index contributed by atoms with van der Waals surface area (Å²) in [5, 5.41) is 0. The lowest BCUT2D eigenvalue weighted by Gasteiger charge is -2.28. The standard InChI is InChI=1S/C29H27F5O/c1-3-5-17-7-14-25(35-16-17)23-13-12-22(28(33)29(23)34)21-11-10-20(26(31)27(21)32)19-9-8-18(6-4-2)24(30)15-19/h3,5,8-13,15,17,25H,4,6-7,14,16H2,1-2H3/b5-3+. The van der Waals surface area contributed by atoms with Crippen LogP contribution in [0.1, 0.15) is 50.3 Å². The largest absolute Gasteiger partial charge is 0.373 e. The van der Waals surface area contributed by atoms with E-state index in [-0.39, 0.29) is 28.2 Å². The summed E-state index contributed by atoms with van der Waals surface area (Å²) in [5.74, 6) is -5.24. The van der Waals surface area contributed by atoms with Crippen LogP contribution >= 0.6 is 0 Å². The van der Waals surface area contributed by atoms with Crippen LogP contribution in [0.4, 0.5) is 22.0 Å². The van der Waals surface area contributed by atoms with Crippen molar-refractivity contribution < 1.29 is 26.7 Å². The molecule has 3 aromatic rings. The van der Waals surface area contributed by atoms with Crippen molar-refractivity contribution in [2.75, 3.05) is 6.61 Å². The molecule has 1 saturated heterocycles. The maximum atomic E-state index is 15.0. The maximum absolute atomic E-state index is 15.0. The van der Waals surface area contributed by atoms with Crippen LogP contribution < -0.4 is 0 Å². The molecule has 0 aliphatic carbocycles. The van der Waals surface area contributed by atoms with E-state index in [4.69, 9.17) is 4.74 Å². The summed E-state index contributed by atoms with van der Waals surface area (Å²) in [4.78, 5) is 0. The monoisotopic (exact) mass is 486 g/mol. The van der Waals surface area contributed by atoms with Gasteiger partial charge in [0.2, 0.25) is 0 Å². The van der Waals surface area contributed by atoms with Crippen LogP contribution in [0.3, 0.4) is 0 Å². The van der Waals surface area contributed by atoms with Gasteiger partial charge in [-0.1, -0.05) is 61.9 Å². The van der Waals surface area contributed by atoms with Crippen LogP contribution in [0.5, 0.6) is 0 Å². The van der Waals surface area contributed by atoms with Crippen LogP contribution in [0.15, 0.2) is 54.6 Å². The average molecular weight is 487 g/mol. The average Bonchev–Trinajstić information content (AvgIpc) is 2.85. The summed E-state index contributed by atoms with van der Waals surface area (Å²) in [6.07, 6.45) is 5.93. The van der Waals surface area contributed by atoms with Gasteiger partial charge in [0.1, 0.15) is 5.82 Å². The van der Waals surface area contributed by atoms with Gasteiger partial charge in [0.05, 0.1) is 12.7 Å². The van der Waals surface area contributed by atoms with Crippen molar-refractivity contribution in [1.29, 1.82) is 0 Å². The quantitative estimate of drug-likeness (QED) is 0.250. The van der Waals surface area contributed by atoms with Crippen molar-refractivity contribution >= 4 is 0 Å². The first-order valence-electron chi connectivity index (χ1n) is 11.8. The molecule has 1 nitrogen and oxygen atoms in total. The van der Waals surface area contributed by atoms with Crippen molar-refractivity contribution in [2.45, 2.75) is 45.6 Å². The van der Waals surface area contributed by atoms with Crippen LogP contribution in [-0.4, -0.2) is 6.61 Å². The van der Waals surface area contributed by atoms with Crippen molar-refractivity contribution in [2.24, 2.45) is 5.92 Å². The third-order valence-electron chi connectivity index (χ3n) is 6.49. The van der Waals surface area contributed by atoms with Gasteiger partial charge in [-0.15, -0.1) is 0 Å². The molecule has 6 heteroatoms. The van der Waals surface area contributed by atoms with E-state index in [1.807, 2.05) is 26.0 Å². The number of allylic oxidation sites excluding steroid dienone is 1. The Hall–Kier alpha value is -2.99. The van der Waals surface area contributed by atoms with E-state index in [2.05, 4.69) is 0 Å². The number of aryl methyl sites for hydroxylation is 1. The second-order valence-electron chi connectivity index (χ2n) is 8.86. The lowest BCUT2D eigenvalue weighted by molar-refractivity contribution is -0.00743. The zero-order chi connectivity index (χ0) is 25.1. The van der Waals surface area contributed by atoms with E-state index in [0.717, 1.165) is 18.9 Å². The van der Waals surface area contributed by atoms with Gasteiger partial charge in [-0.05, 0) is 43.4 Å². The van der Waals surface area contributed by atoms with E-state index in [9.17, 15) is 13.2 Å². The molecule has 35 heavy (non-hydrogen) atoms. The third kappa shape index (κ3) is 5.03. The summed E-state index contributed by atoms with van der Waals surface area (Å²) in [6, 6.07) is 9.25. The maximum Gasteiger partial charge on any atom is 0.167 e. The molecule has 3 aromatic carbocycles. The highest BCUT2D eigenvalue weighted by Gasteiger charge is 2.27. The van der Waals surface area contributed by atoms with Crippen LogP contribution in [0.2, 0.25) is 0 Å². The number of benzene rings is 3. The van der Waals surface area contributed by atoms with Gasteiger partial charge in [-0.25, -0.2) is 22.0 Å². The predicted molar refractivity (Wildman–Crippen MR) is 127 cm³/mol. The minimum atomic E-state index is -1.32. The topological polar surface area (TPSA) is 9.23 Å². The third-order valence-corrected chi connectivity index (χ3v) is 6.49. The van der Waals surface area contributed by atoms with Crippen LogP contribution in [-0.2, 0) is 11.2 Å². The van der Waals surface area contributed by atoms with Crippen molar-refractivity contribution in [1.82, 2.24) is 0 Å². The smallest absolute Gasteiger partial charge is 0.167 e. The molecular weight excluding hydrogens is 459 g/mol. The normalized spacial score (nSPS) is 18.4. The first kappa shape index (κ1) is 25.1. The fourth-order valence-corrected chi connectivity index (χ4v) is 4.63. The zero-order valence-corrected chi connectivity index (χ0v) is 19.7. The highest BCUT2D eigenvalue weighted by Crippen LogP contribution is 2.38. The first-order valence-corrected chi connectivity index (χ1v) is 11.8. The SMILES string of the molecule is C/C=C/C1CCC(c2ccc(-c3ccc(-c4ccc(CCC)c(F)c4)c(F)c3F)c(F)c2F)OC1. The molecule has 2 unspecified atom stereocenters. The van der Waals surface area contributed by atoms with E-state index in [1.54, 1.807) is 6.07 Å². The Bertz CT molecular complexity index is 1240. The Kier molecular flexibility index (Phi) is 7.70. The number of ether oxygens (including phenoxy) is 1. The molecule has 1 aliphatic rings. The lowest BCUT2D eigenvalue weighted by atomic mass is 9.92. The number of hydrogen-bond donors (Lipinski definition) is 0. The Morgan fingerprint density at radius 2 is 1.49 bits per heavy atom. The molecule has 1 fully saturated rings. The van der Waals surface area contributed by atoms with Crippen molar-refractivity contribution in [3.05, 3.63) is 94.8 Å². The highest BCUT2D eigenvalue weighted by molar-refractivity contribution is 5.72. The second kappa shape index (κ2) is 10.7. The van der Waals surface area contributed by atoms with Crippen molar-refractivity contribution in [3.63, 3.8) is 0 Å². The van der Waals surface area contributed by atoms with Crippen LogP contribution in [0, 0.1) is 35.0 Å². The Balaban J connectivity index is 1.64. The summed E-state index contributed by atoms with van der Waals surface area (Å²) < 4.78 is 80.1. The molecule has 0 bridgehead atoms. The number of hydrogen-bond acceptors (Lipinski definition) is 1. The molecule has 0 N–H and O–H groups in total. The number of rotatable bonds is 6. The minimum Gasteiger partial charge on any atom is -0.373 e. The molecule has 0 radical (unpaired) electrons. The van der Waals surface area contributed by atoms with E-state index in [0.29, 0.717) is 25.0 Å².